The quantitative estimate of drug-likeness (QED) is 0.645. The van der Waals surface area contributed by atoms with E-state index in [0.29, 0.717) is 28.7 Å². The minimum Gasteiger partial charge on any atom is -0.493 e. The molecule has 0 saturated heterocycles. The average molecular weight is 430 g/mol. The van der Waals surface area contributed by atoms with Crippen molar-refractivity contribution in [1.29, 1.82) is 0 Å². The van der Waals surface area contributed by atoms with Crippen molar-refractivity contribution < 1.29 is 23.8 Å². The Hall–Kier alpha value is -3.03. The molecule has 8 nitrogen and oxygen atoms in total. The third-order valence-electron chi connectivity index (χ3n) is 5.31. The van der Waals surface area contributed by atoms with Crippen molar-refractivity contribution in [3.05, 3.63) is 41.2 Å². The Kier molecular flexibility index (Phi) is 6.57. The predicted molar refractivity (Wildman–Crippen MR) is 116 cm³/mol. The number of esters is 1. The number of methoxy groups -OCH3 is 3. The molecule has 1 fully saturated rings. The molecule has 1 atom stereocenters. The van der Waals surface area contributed by atoms with E-state index in [0.717, 1.165) is 18.5 Å². The van der Waals surface area contributed by atoms with Gasteiger partial charge in [0.2, 0.25) is 0 Å². The normalized spacial score (nSPS) is 14.6. The summed E-state index contributed by atoms with van der Waals surface area (Å²) >= 11 is 0. The van der Waals surface area contributed by atoms with Gasteiger partial charge in [0.05, 0.1) is 39.3 Å². The number of aromatic nitrogens is 2. The van der Waals surface area contributed by atoms with Crippen molar-refractivity contribution in [2.75, 3.05) is 21.3 Å². The van der Waals surface area contributed by atoms with Gasteiger partial charge in [-0.3, -0.25) is 14.3 Å². The minimum absolute atomic E-state index is 0.0207. The summed E-state index contributed by atoms with van der Waals surface area (Å²) in [5.41, 5.74) is 1.89. The number of hydrogen-bond acceptors (Lipinski definition) is 6. The second kappa shape index (κ2) is 8.99. The third-order valence-corrected chi connectivity index (χ3v) is 5.31. The highest BCUT2D eigenvalue weighted by Gasteiger charge is 2.33. The van der Waals surface area contributed by atoms with Gasteiger partial charge >= 0.3 is 5.97 Å². The lowest BCUT2D eigenvalue weighted by atomic mass is 10.0. The molecule has 1 aromatic carbocycles. The fourth-order valence-electron chi connectivity index (χ4n) is 3.52. The summed E-state index contributed by atoms with van der Waals surface area (Å²) < 4.78 is 17.4. The van der Waals surface area contributed by atoms with Gasteiger partial charge in [0.1, 0.15) is 5.69 Å². The van der Waals surface area contributed by atoms with E-state index < -0.39 is 12.0 Å². The Morgan fingerprint density at radius 3 is 2.35 bits per heavy atom. The molecule has 1 amide bonds. The zero-order chi connectivity index (χ0) is 22.8. The first-order chi connectivity index (χ1) is 14.7. The molecule has 0 radical (unpaired) electrons. The standard InChI is InChI=1S/C23H31N3O5/c1-23(2,3)26-18(14-7-8-14)12-17(25-26)22(28)24-16(13-21(27)31-6)15-9-10-19(29-4)20(11-15)30-5/h9-12,14,16H,7-8,13H2,1-6H3,(H,24,28). The van der Waals surface area contributed by atoms with Crippen LogP contribution >= 0.6 is 0 Å². The molecule has 1 aliphatic rings. The molecule has 1 aliphatic carbocycles. The molecular weight excluding hydrogens is 398 g/mol. The molecule has 168 valence electrons. The van der Waals surface area contributed by atoms with Crippen LogP contribution in [0, 0.1) is 0 Å². The Morgan fingerprint density at radius 1 is 1.13 bits per heavy atom. The molecule has 1 saturated carbocycles. The van der Waals surface area contributed by atoms with E-state index >= 15 is 0 Å². The lowest BCUT2D eigenvalue weighted by molar-refractivity contribution is -0.141. The van der Waals surface area contributed by atoms with Crippen LogP contribution in [0.25, 0.3) is 0 Å². The maximum atomic E-state index is 13.1. The van der Waals surface area contributed by atoms with Gasteiger partial charge in [-0.25, -0.2) is 0 Å². The van der Waals surface area contributed by atoms with E-state index in [1.54, 1.807) is 25.3 Å². The van der Waals surface area contributed by atoms with E-state index in [2.05, 4.69) is 31.2 Å². The zero-order valence-corrected chi connectivity index (χ0v) is 19.0. The summed E-state index contributed by atoms with van der Waals surface area (Å²) in [6.45, 7) is 6.20. The van der Waals surface area contributed by atoms with Gasteiger partial charge in [-0.1, -0.05) is 6.07 Å². The van der Waals surface area contributed by atoms with Crippen LogP contribution in [0.2, 0.25) is 0 Å². The van der Waals surface area contributed by atoms with Gasteiger partial charge in [-0.15, -0.1) is 0 Å². The van der Waals surface area contributed by atoms with E-state index in [9.17, 15) is 9.59 Å². The second-order valence-electron chi connectivity index (χ2n) is 8.73. The topological polar surface area (TPSA) is 91.7 Å². The fraction of sp³-hybridized carbons (Fsp3) is 0.522. The predicted octanol–water partition coefficient (Wildman–Crippen LogP) is 3.57. The lowest BCUT2D eigenvalue weighted by Crippen LogP contribution is -2.31. The number of nitrogens with zero attached hydrogens (tertiary/aromatic N) is 2. The molecule has 1 aromatic heterocycles. The van der Waals surface area contributed by atoms with Crippen molar-refractivity contribution in [2.45, 2.75) is 57.5 Å². The third kappa shape index (κ3) is 5.18. The van der Waals surface area contributed by atoms with E-state index in [-0.39, 0.29) is 17.9 Å². The Morgan fingerprint density at radius 2 is 1.81 bits per heavy atom. The molecule has 1 unspecified atom stereocenters. The van der Waals surface area contributed by atoms with Crippen molar-refractivity contribution in [3.63, 3.8) is 0 Å². The number of nitrogens with one attached hydrogen (secondary N) is 1. The molecular formula is C23H31N3O5. The molecule has 1 heterocycles. The molecule has 2 aromatic rings. The van der Waals surface area contributed by atoms with Gasteiger partial charge in [-0.2, -0.15) is 5.10 Å². The van der Waals surface area contributed by atoms with Crippen LogP contribution in [-0.4, -0.2) is 43.0 Å². The van der Waals surface area contributed by atoms with Crippen LogP contribution in [0.4, 0.5) is 0 Å². The average Bonchev–Trinajstić information content (AvgIpc) is 3.48. The number of hydrogen-bond donors (Lipinski definition) is 1. The van der Waals surface area contributed by atoms with E-state index in [1.165, 1.54) is 14.2 Å². The number of ether oxygens (including phenoxy) is 3. The molecule has 3 rings (SSSR count). The van der Waals surface area contributed by atoms with Gasteiger partial charge in [0, 0.05) is 11.6 Å². The largest absolute Gasteiger partial charge is 0.493 e. The maximum absolute atomic E-state index is 13.1. The lowest BCUT2D eigenvalue weighted by Gasteiger charge is -2.22. The van der Waals surface area contributed by atoms with Gasteiger partial charge in [0.15, 0.2) is 11.5 Å². The molecule has 0 bridgehead atoms. The zero-order valence-electron chi connectivity index (χ0n) is 19.0. The Bertz CT molecular complexity index is 957. The summed E-state index contributed by atoms with van der Waals surface area (Å²) in [4.78, 5) is 25.1. The highest BCUT2D eigenvalue weighted by atomic mass is 16.5. The number of carbonyl (C=O) groups is 2. The number of carbonyl (C=O) groups excluding carboxylic acids is 2. The number of benzene rings is 1. The summed E-state index contributed by atoms with van der Waals surface area (Å²) in [5, 5.41) is 7.54. The SMILES string of the molecule is COC(=O)CC(NC(=O)c1cc(C2CC2)n(C(C)(C)C)n1)c1ccc(OC)c(OC)c1. The fourth-order valence-corrected chi connectivity index (χ4v) is 3.52. The van der Waals surface area contributed by atoms with Crippen LogP contribution in [0.5, 0.6) is 11.5 Å². The smallest absolute Gasteiger partial charge is 0.307 e. The molecule has 1 N–H and O–H groups in total. The van der Waals surface area contributed by atoms with Gasteiger partial charge in [0.25, 0.3) is 5.91 Å². The molecule has 31 heavy (non-hydrogen) atoms. The minimum atomic E-state index is -0.607. The van der Waals surface area contributed by atoms with Crippen LogP contribution in [0.1, 0.15) is 73.7 Å². The van der Waals surface area contributed by atoms with Crippen molar-refractivity contribution in [1.82, 2.24) is 15.1 Å². The van der Waals surface area contributed by atoms with Crippen molar-refractivity contribution in [3.8, 4) is 11.5 Å². The first-order valence-corrected chi connectivity index (χ1v) is 10.4. The Balaban J connectivity index is 1.90. The Labute approximate surface area is 182 Å². The maximum Gasteiger partial charge on any atom is 0.307 e. The summed E-state index contributed by atoms with van der Waals surface area (Å²) in [5.74, 6) is 0.752. The van der Waals surface area contributed by atoms with Crippen molar-refractivity contribution >= 4 is 11.9 Å². The molecule has 8 heteroatoms. The first kappa shape index (κ1) is 22.7. The number of amides is 1. The van der Waals surface area contributed by atoms with Crippen LogP contribution < -0.4 is 14.8 Å². The van der Waals surface area contributed by atoms with Crippen LogP contribution in [0.3, 0.4) is 0 Å². The van der Waals surface area contributed by atoms with Crippen molar-refractivity contribution in [2.24, 2.45) is 0 Å². The second-order valence-corrected chi connectivity index (χ2v) is 8.73. The van der Waals surface area contributed by atoms with E-state index in [1.807, 2.05) is 10.7 Å². The van der Waals surface area contributed by atoms with Gasteiger partial charge < -0.3 is 19.5 Å². The molecule has 0 spiro atoms. The van der Waals surface area contributed by atoms with Crippen LogP contribution in [-0.2, 0) is 15.1 Å². The highest BCUT2D eigenvalue weighted by Crippen LogP contribution is 2.41. The molecule has 0 aliphatic heterocycles. The summed E-state index contributed by atoms with van der Waals surface area (Å²) in [6.07, 6.45) is 2.20. The summed E-state index contributed by atoms with van der Waals surface area (Å²) in [6, 6.07) is 6.53. The monoisotopic (exact) mass is 429 g/mol. The first-order valence-electron chi connectivity index (χ1n) is 10.4. The summed E-state index contributed by atoms with van der Waals surface area (Å²) in [7, 11) is 4.41. The number of rotatable bonds is 8. The van der Waals surface area contributed by atoms with E-state index in [4.69, 9.17) is 14.2 Å². The van der Waals surface area contributed by atoms with Crippen LogP contribution in [0.15, 0.2) is 24.3 Å². The van der Waals surface area contributed by atoms with Gasteiger partial charge in [-0.05, 0) is 57.4 Å². The highest BCUT2D eigenvalue weighted by molar-refractivity contribution is 5.93.